The normalized spacial score (nSPS) is 11.0. The smallest absolute Gasteiger partial charge is 0.130 e. The van der Waals surface area contributed by atoms with Gasteiger partial charge in [0.05, 0.1) is 0 Å². The van der Waals surface area contributed by atoms with Crippen molar-refractivity contribution < 1.29 is 28.8 Å². The van der Waals surface area contributed by atoms with Crippen LogP contribution < -0.4 is 23.7 Å². The average molecular weight is 723 g/mol. The predicted octanol–water partition coefficient (Wildman–Crippen LogP) is 14.1. The van der Waals surface area contributed by atoms with Gasteiger partial charge in [0, 0.05) is 0 Å². The molecule has 6 aromatic rings. The summed E-state index contributed by atoms with van der Waals surface area (Å²) < 4.78 is 32.1. The maximum absolute atomic E-state index is 10.1. The van der Waals surface area contributed by atoms with E-state index in [1.54, 1.807) is 6.07 Å². The van der Waals surface area contributed by atoms with Crippen LogP contribution >= 0.6 is 0 Å². The van der Waals surface area contributed by atoms with Crippen LogP contribution in [0, 0.1) is 83.1 Å². The van der Waals surface area contributed by atoms with Gasteiger partial charge in [-0.25, -0.2) is 0 Å². The lowest BCUT2D eigenvalue weighted by Crippen LogP contribution is -1.98. The van der Waals surface area contributed by atoms with Crippen LogP contribution in [0.5, 0.6) is 63.2 Å². The Bertz CT molecular complexity index is 2400. The summed E-state index contributed by atoms with van der Waals surface area (Å²) in [6, 6.07) is 26.0. The Hall–Kier alpha value is -5.88. The molecule has 0 spiro atoms. The molecule has 0 aliphatic carbocycles. The molecule has 0 amide bonds. The summed E-state index contributed by atoms with van der Waals surface area (Å²) in [5, 5.41) is 10.1. The van der Waals surface area contributed by atoms with Gasteiger partial charge in [0.1, 0.15) is 63.2 Å². The molecule has 0 fully saturated rings. The van der Waals surface area contributed by atoms with Crippen molar-refractivity contribution in [1.29, 1.82) is 0 Å². The Morgan fingerprint density at radius 2 is 0.481 bits per heavy atom. The van der Waals surface area contributed by atoms with Gasteiger partial charge >= 0.3 is 0 Å². The average Bonchev–Trinajstić information content (AvgIpc) is 3.10. The molecule has 0 atom stereocenters. The fourth-order valence-corrected chi connectivity index (χ4v) is 6.23. The first-order valence-electron chi connectivity index (χ1n) is 18.3. The van der Waals surface area contributed by atoms with E-state index in [-0.39, 0.29) is 5.75 Å². The number of ether oxygens (including phenoxy) is 5. The molecule has 0 saturated carbocycles. The quantitative estimate of drug-likeness (QED) is 0.152. The van der Waals surface area contributed by atoms with E-state index < -0.39 is 0 Å². The first-order chi connectivity index (χ1) is 25.6. The van der Waals surface area contributed by atoms with Gasteiger partial charge in [-0.2, -0.15) is 0 Å². The molecule has 54 heavy (non-hydrogen) atoms. The third-order valence-corrected chi connectivity index (χ3v) is 9.83. The monoisotopic (exact) mass is 722 g/mol. The van der Waals surface area contributed by atoms with Gasteiger partial charge in [-0.3, -0.25) is 0 Å². The third-order valence-electron chi connectivity index (χ3n) is 9.83. The number of aryl methyl sites for hydroxylation is 12. The van der Waals surface area contributed by atoms with Gasteiger partial charge in [-0.1, -0.05) is 12.1 Å². The molecule has 0 aliphatic rings. The molecule has 0 radical (unpaired) electrons. The lowest BCUT2D eigenvalue weighted by molar-refractivity contribution is 0.447. The second-order valence-corrected chi connectivity index (χ2v) is 14.7. The van der Waals surface area contributed by atoms with Crippen molar-refractivity contribution >= 4 is 0 Å². The van der Waals surface area contributed by atoms with Crippen LogP contribution in [-0.4, -0.2) is 5.11 Å². The zero-order valence-electron chi connectivity index (χ0n) is 33.5. The number of rotatable bonds is 10. The Kier molecular flexibility index (Phi) is 10.7. The lowest BCUT2D eigenvalue weighted by atomic mass is 10.1. The van der Waals surface area contributed by atoms with E-state index >= 15 is 0 Å². The minimum atomic E-state index is 0.260. The van der Waals surface area contributed by atoms with E-state index in [1.165, 1.54) is 0 Å². The topological polar surface area (TPSA) is 66.4 Å². The Labute approximate surface area is 319 Å². The summed E-state index contributed by atoms with van der Waals surface area (Å²) in [5.74, 6) is 8.00. The summed E-state index contributed by atoms with van der Waals surface area (Å²) >= 11 is 0. The van der Waals surface area contributed by atoms with Crippen LogP contribution in [0.2, 0.25) is 0 Å². The van der Waals surface area contributed by atoms with Crippen LogP contribution in [0.4, 0.5) is 0 Å². The van der Waals surface area contributed by atoms with E-state index in [4.69, 9.17) is 23.7 Å². The number of benzene rings is 6. The van der Waals surface area contributed by atoms with E-state index in [9.17, 15) is 5.11 Å². The highest BCUT2D eigenvalue weighted by molar-refractivity contribution is 5.56. The van der Waals surface area contributed by atoms with Gasteiger partial charge < -0.3 is 28.8 Å². The minimum absolute atomic E-state index is 0.260. The molecule has 0 bridgehead atoms. The Morgan fingerprint density at radius 3 is 0.759 bits per heavy atom. The van der Waals surface area contributed by atoms with E-state index in [0.29, 0.717) is 5.75 Å². The molecule has 6 rings (SSSR count). The first-order valence-corrected chi connectivity index (χ1v) is 18.3. The third kappa shape index (κ3) is 8.18. The SMILES string of the molecule is Cc1ccc(C)c(Oc2cc(C)c(Oc3cc(C)c(Oc4cc(C)c(Oc5cc(C)c(Oc6cc(C)c(O)cc6C)cc5C)cc4C)cc3C)cc2C)c1. The zero-order valence-corrected chi connectivity index (χ0v) is 33.5. The van der Waals surface area contributed by atoms with Gasteiger partial charge in [-0.15, -0.1) is 0 Å². The molecule has 0 aromatic heterocycles. The van der Waals surface area contributed by atoms with E-state index in [0.717, 1.165) is 119 Å². The van der Waals surface area contributed by atoms with Crippen molar-refractivity contribution in [3.63, 3.8) is 0 Å². The molecule has 6 aromatic carbocycles. The molecular weight excluding hydrogens is 673 g/mol. The highest BCUT2D eigenvalue weighted by Gasteiger charge is 2.17. The Balaban J connectivity index is 1.16. The second kappa shape index (κ2) is 15.2. The van der Waals surface area contributed by atoms with Crippen LogP contribution in [0.3, 0.4) is 0 Å². The summed E-state index contributed by atoms with van der Waals surface area (Å²) in [4.78, 5) is 0. The minimum Gasteiger partial charge on any atom is -0.508 e. The van der Waals surface area contributed by atoms with E-state index in [1.807, 2.05) is 124 Å². The molecule has 0 saturated heterocycles. The van der Waals surface area contributed by atoms with Gasteiger partial charge in [0.2, 0.25) is 0 Å². The molecule has 6 nitrogen and oxygen atoms in total. The standard InChI is InChI=1S/C48H50O6/c1-26-13-14-27(2)39(15-26)50-41-18-31(6)43(19-30(41)5)52-45-22-35(10)47(23-34(45)9)54-48-25-36(11)46(24-37(48)12)53-44-21-32(7)42(20-33(44)8)51-40-17-28(3)38(49)16-29(40)4/h13-25,49H,1-12H3. The van der Waals surface area contributed by atoms with Gasteiger partial charge in [0.15, 0.2) is 0 Å². The summed E-state index contributed by atoms with van der Waals surface area (Å²) in [6.45, 7) is 24.1. The van der Waals surface area contributed by atoms with Crippen LogP contribution in [0.15, 0.2) is 78.9 Å². The molecule has 0 unspecified atom stereocenters. The highest BCUT2D eigenvalue weighted by Crippen LogP contribution is 2.41. The van der Waals surface area contributed by atoms with E-state index in [2.05, 4.69) is 32.0 Å². The predicted molar refractivity (Wildman–Crippen MR) is 218 cm³/mol. The molecule has 6 heteroatoms. The van der Waals surface area contributed by atoms with Crippen molar-refractivity contribution in [2.45, 2.75) is 83.1 Å². The van der Waals surface area contributed by atoms with Crippen LogP contribution in [0.25, 0.3) is 0 Å². The summed E-state index contributed by atoms with van der Waals surface area (Å²) in [7, 11) is 0. The van der Waals surface area contributed by atoms with Crippen molar-refractivity contribution in [3.05, 3.63) is 146 Å². The molecule has 0 heterocycles. The van der Waals surface area contributed by atoms with Crippen molar-refractivity contribution in [2.75, 3.05) is 0 Å². The highest BCUT2D eigenvalue weighted by atomic mass is 16.5. The summed E-state index contributed by atoms with van der Waals surface area (Å²) in [5.41, 5.74) is 11.6. The summed E-state index contributed by atoms with van der Waals surface area (Å²) in [6.07, 6.45) is 0. The molecule has 278 valence electrons. The maximum atomic E-state index is 10.1. The Morgan fingerprint density at radius 1 is 0.259 bits per heavy atom. The first kappa shape index (κ1) is 37.9. The van der Waals surface area contributed by atoms with Crippen molar-refractivity contribution in [3.8, 4) is 63.2 Å². The fourth-order valence-electron chi connectivity index (χ4n) is 6.23. The molecule has 0 aliphatic heterocycles. The number of hydrogen-bond donors (Lipinski definition) is 1. The fraction of sp³-hybridized carbons (Fsp3) is 0.250. The second-order valence-electron chi connectivity index (χ2n) is 14.7. The molecular formula is C48H50O6. The van der Waals surface area contributed by atoms with Gasteiger partial charge in [-0.05, 0) is 217 Å². The molecule has 1 N–H and O–H groups in total. The maximum Gasteiger partial charge on any atom is 0.130 e. The number of phenols is 1. The number of aromatic hydroxyl groups is 1. The van der Waals surface area contributed by atoms with Gasteiger partial charge in [0.25, 0.3) is 0 Å². The van der Waals surface area contributed by atoms with Crippen LogP contribution in [0.1, 0.15) is 66.8 Å². The van der Waals surface area contributed by atoms with Crippen LogP contribution in [-0.2, 0) is 0 Å². The largest absolute Gasteiger partial charge is 0.508 e. The zero-order chi connectivity index (χ0) is 39.0. The van der Waals surface area contributed by atoms with Crippen molar-refractivity contribution in [1.82, 2.24) is 0 Å². The lowest BCUT2D eigenvalue weighted by Gasteiger charge is -2.19. The number of hydrogen-bond acceptors (Lipinski definition) is 6. The number of phenolic OH excluding ortho intramolecular Hbond substituents is 1. The van der Waals surface area contributed by atoms with Crippen molar-refractivity contribution in [2.24, 2.45) is 0 Å².